The fourth-order valence-electron chi connectivity index (χ4n) is 1.84. The monoisotopic (exact) mass is 186 g/mol. The largest absolute Gasteiger partial charge is 0.468 e. The first-order chi connectivity index (χ1) is 6.25. The molecule has 1 fully saturated rings. The van der Waals surface area contributed by atoms with Gasteiger partial charge in [0.1, 0.15) is 5.54 Å². The van der Waals surface area contributed by atoms with Crippen molar-refractivity contribution in [2.24, 2.45) is 0 Å². The SMILES string of the molecule is CCNC1(C(=O)OC)CCNCC1. The molecule has 4 nitrogen and oxygen atoms in total. The molecular weight excluding hydrogens is 168 g/mol. The van der Waals surface area contributed by atoms with E-state index < -0.39 is 5.54 Å². The van der Waals surface area contributed by atoms with Crippen LogP contribution in [0.25, 0.3) is 0 Å². The van der Waals surface area contributed by atoms with Crippen LogP contribution in [0.2, 0.25) is 0 Å². The van der Waals surface area contributed by atoms with Crippen molar-refractivity contribution in [3.63, 3.8) is 0 Å². The summed E-state index contributed by atoms with van der Waals surface area (Å²) in [7, 11) is 1.45. The van der Waals surface area contributed by atoms with Gasteiger partial charge in [-0.1, -0.05) is 6.92 Å². The fraction of sp³-hybridized carbons (Fsp3) is 0.889. The summed E-state index contributed by atoms with van der Waals surface area (Å²) < 4.78 is 4.82. The fourth-order valence-corrected chi connectivity index (χ4v) is 1.84. The lowest BCUT2D eigenvalue weighted by molar-refractivity contribution is -0.149. The molecule has 0 atom stereocenters. The van der Waals surface area contributed by atoms with Gasteiger partial charge in [0.15, 0.2) is 0 Å². The summed E-state index contributed by atoms with van der Waals surface area (Å²) >= 11 is 0. The second-order valence-electron chi connectivity index (χ2n) is 3.35. The zero-order chi connectivity index (χ0) is 9.73. The van der Waals surface area contributed by atoms with Crippen LogP contribution in [0.3, 0.4) is 0 Å². The van der Waals surface area contributed by atoms with Crippen LogP contribution in [0, 0.1) is 0 Å². The Kier molecular flexibility index (Phi) is 3.69. The highest BCUT2D eigenvalue weighted by atomic mass is 16.5. The Morgan fingerprint density at radius 2 is 2.15 bits per heavy atom. The Hall–Kier alpha value is -0.610. The van der Waals surface area contributed by atoms with Gasteiger partial charge >= 0.3 is 5.97 Å². The van der Waals surface area contributed by atoms with Crippen LogP contribution in [0.15, 0.2) is 0 Å². The van der Waals surface area contributed by atoms with Crippen molar-refractivity contribution in [2.45, 2.75) is 25.3 Å². The first-order valence-corrected chi connectivity index (χ1v) is 4.79. The lowest BCUT2D eigenvalue weighted by Crippen LogP contribution is -2.58. The molecule has 0 spiro atoms. The van der Waals surface area contributed by atoms with Crippen molar-refractivity contribution < 1.29 is 9.53 Å². The molecule has 0 aromatic rings. The molecule has 0 amide bonds. The second-order valence-corrected chi connectivity index (χ2v) is 3.35. The normalized spacial score (nSPS) is 21.1. The van der Waals surface area contributed by atoms with Gasteiger partial charge in [0.2, 0.25) is 0 Å². The third-order valence-corrected chi connectivity index (χ3v) is 2.55. The van der Waals surface area contributed by atoms with Gasteiger partial charge in [-0.2, -0.15) is 0 Å². The van der Waals surface area contributed by atoms with Crippen molar-refractivity contribution in [3.8, 4) is 0 Å². The Morgan fingerprint density at radius 1 is 1.54 bits per heavy atom. The summed E-state index contributed by atoms with van der Waals surface area (Å²) in [4.78, 5) is 11.6. The highest BCUT2D eigenvalue weighted by molar-refractivity contribution is 5.81. The number of esters is 1. The lowest BCUT2D eigenvalue weighted by atomic mass is 9.88. The van der Waals surface area contributed by atoms with E-state index in [0.717, 1.165) is 32.5 Å². The van der Waals surface area contributed by atoms with E-state index in [-0.39, 0.29) is 5.97 Å². The van der Waals surface area contributed by atoms with Gasteiger partial charge in [0.05, 0.1) is 7.11 Å². The predicted molar refractivity (Wildman–Crippen MR) is 50.5 cm³/mol. The summed E-state index contributed by atoms with van der Waals surface area (Å²) in [5, 5.41) is 6.46. The number of nitrogens with one attached hydrogen (secondary N) is 2. The number of methoxy groups -OCH3 is 1. The third kappa shape index (κ3) is 2.19. The van der Waals surface area contributed by atoms with E-state index in [2.05, 4.69) is 10.6 Å². The molecule has 1 aliphatic rings. The molecule has 1 saturated heterocycles. The highest BCUT2D eigenvalue weighted by Crippen LogP contribution is 2.19. The lowest BCUT2D eigenvalue weighted by Gasteiger charge is -2.35. The van der Waals surface area contributed by atoms with Gasteiger partial charge in [0, 0.05) is 0 Å². The van der Waals surface area contributed by atoms with Gasteiger partial charge in [-0.05, 0) is 32.5 Å². The van der Waals surface area contributed by atoms with Crippen molar-refractivity contribution in [3.05, 3.63) is 0 Å². The number of likely N-dealkylation sites (N-methyl/N-ethyl adjacent to an activating group) is 1. The smallest absolute Gasteiger partial charge is 0.326 e. The third-order valence-electron chi connectivity index (χ3n) is 2.55. The highest BCUT2D eigenvalue weighted by Gasteiger charge is 2.39. The topological polar surface area (TPSA) is 50.4 Å². The van der Waals surface area contributed by atoms with Gasteiger partial charge < -0.3 is 15.4 Å². The minimum absolute atomic E-state index is 0.129. The minimum Gasteiger partial charge on any atom is -0.468 e. The number of hydrogen-bond donors (Lipinski definition) is 2. The molecule has 0 radical (unpaired) electrons. The van der Waals surface area contributed by atoms with Crippen LogP contribution in [0.1, 0.15) is 19.8 Å². The molecule has 1 heterocycles. The van der Waals surface area contributed by atoms with E-state index in [9.17, 15) is 4.79 Å². The number of piperidine rings is 1. The first kappa shape index (κ1) is 10.5. The molecule has 2 N–H and O–H groups in total. The number of hydrogen-bond acceptors (Lipinski definition) is 4. The van der Waals surface area contributed by atoms with Crippen molar-refractivity contribution in [2.75, 3.05) is 26.7 Å². The molecule has 0 aromatic heterocycles. The van der Waals surface area contributed by atoms with Crippen molar-refractivity contribution in [1.29, 1.82) is 0 Å². The van der Waals surface area contributed by atoms with E-state index in [1.807, 2.05) is 6.92 Å². The summed E-state index contributed by atoms with van der Waals surface area (Å²) in [6, 6.07) is 0. The molecule has 0 aliphatic carbocycles. The molecule has 0 unspecified atom stereocenters. The van der Waals surface area contributed by atoms with Crippen LogP contribution < -0.4 is 10.6 Å². The van der Waals surface area contributed by atoms with Crippen LogP contribution in [0.5, 0.6) is 0 Å². The molecule has 4 heteroatoms. The maximum atomic E-state index is 11.6. The van der Waals surface area contributed by atoms with E-state index in [4.69, 9.17) is 4.74 Å². The minimum atomic E-state index is -0.436. The van der Waals surface area contributed by atoms with E-state index in [0.29, 0.717) is 0 Å². The molecule has 1 aliphatic heterocycles. The predicted octanol–water partition coefficient (Wildman–Crippen LogP) is -0.109. The maximum absolute atomic E-state index is 11.6. The molecule has 0 saturated carbocycles. The number of carbonyl (C=O) groups excluding carboxylic acids is 1. The quantitative estimate of drug-likeness (QED) is 0.604. The zero-order valence-electron chi connectivity index (χ0n) is 8.35. The summed E-state index contributed by atoms with van der Waals surface area (Å²) in [6.45, 7) is 4.56. The summed E-state index contributed by atoms with van der Waals surface area (Å²) in [5.41, 5.74) is -0.436. The Bertz CT molecular complexity index is 171. The molecule has 13 heavy (non-hydrogen) atoms. The second kappa shape index (κ2) is 4.58. The van der Waals surface area contributed by atoms with Crippen molar-refractivity contribution in [1.82, 2.24) is 10.6 Å². The van der Waals surface area contributed by atoms with Gasteiger partial charge in [-0.25, -0.2) is 0 Å². The number of rotatable bonds is 3. The molecule has 0 aromatic carbocycles. The summed E-state index contributed by atoms with van der Waals surface area (Å²) in [6.07, 6.45) is 1.63. The van der Waals surface area contributed by atoms with Crippen LogP contribution in [-0.4, -0.2) is 38.3 Å². The summed E-state index contributed by atoms with van der Waals surface area (Å²) in [5.74, 6) is -0.129. The van der Waals surface area contributed by atoms with E-state index in [1.54, 1.807) is 0 Å². The maximum Gasteiger partial charge on any atom is 0.326 e. The van der Waals surface area contributed by atoms with Gasteiger partial charge in [-0.3, -0.25) is 4.79 Å². The Morgan fingerprint density at radius 3 is 2.62 bits per heavy atom. The zero-order valence-corrected chi connectivity index (χ0v) is 8.35. The number of ether oxygens (including phenoxy) is 1. The standard InChI is InChI=1S/C9H18N2O2/c1-3-11-9(8(12)13-2)4-6-10-7-5-9/h10-11H,3-7H2,1-2H3. The van der Waals surface area contributed by atoms with E-state index >= 15 is 0 Å². The Balaban J connectivity index is 2.66. The molecule has 1 rings (SSSR count). The van der Waals surface area contributed by atoms with Crippen molar-refractivity contribution >= 4 is 5.97 Å². The van der Waals surface area contributed by atoms with Crippen LogP contribution in [0.4, 0.5) is 0 Å². The average molecular weight is 186 g/mol. The number of carbonyl (C=O) groups is 1. The molecule has 0 bridgehead atoms. The van der Waals surface area contributed by atoms with Crippen LogP contribution >= 0.6 is 0 Å². The average Bonchev–Trinajstić information content (AvgIpc) is 2.18. The van der Waals surface area contributed by atoms with Gasteiger partial charge in [-0.15, -0.1) is 0 Å². The molecular formula is C9H18N2O2. The first-order valence-electron chi connectivity index (χ1n) is 4.79. The van der Waals surface area contributed by atoms with Gasteiger partial charge in [0.25, 0.3) is 0 Å². The molecule has 76 valence electrons. The van der Waals surface area contributed by atoms with E-state index in [1.165, 1.54) is 7.11 Å². The Labute approximate surface area is 79.0 Å². The van der Waals surface area contributed by atoms with Crippen LogP contribution in [-0.2, 0) is 9.53 Å².